The molecule has 9 heteroatoms. The van der Waals surface area contributed by atoms with E-state index < -0.39 is 0 Å². The van der Waals surface area contributed by atoms with Gasteiger partial charge in [-0.05, 0) is 106 Å². The van der Waals surface area contributed by atoms with Crippen LogP contribution < -0.4 is 9.47 Å². The molecule has 7 nitrogen and oxygen atoms in total. The van der Waals surface area contributed by atoms with E-state index in [-0.39, 0.29) is 6.61 Å². The number of aromatic nitrogens is 2. The molecule has 1 unspecified atom stereocenters. The van der Waals surface area contributed by atoms with E-state index in [4.69, 9.17) is 9.47 Å². The standard InChI is InChI=1S/C15H19BrN2O2.C14H17BrN2O/c1-20-13-3-2-12(16)15-14(13)10(8-17-15)4-6-18-7-5-11(18)9-19;1-18-12-4-3-11(15)14-13(12)10(9-16-14)5-8-17-6-2-7-17/h2-3,8,11,17,19H,4-7,9H2,1H3;3-4,9,16H,2,5-8H2,1H3. The molecule has 2 aliphatic rings. The number of halogens is 2. The average Bonchev–Trinajstić information content (AvgIpc) is 3.50. The number of likely N-dealkylation sites (tertiary alicyclic amines) is 2. The molecule has 0 aliphatic carbocycles. The van der Waals surface area contributed by atoms with Gasteiger partial charge >= 0.3 is 0 Å². The Kier molecular flexibility index (Phi) is 9.00. The molecule has 0 radical (unpaired) electrons. The third-order valence-corrected chi connectivity index (χ3v) is 9.21. The summed E-state index contributed by atoms with van der Waals surface area (Å²) in [6.07, 6.45) is 8.67. The molecule has 4 heterocycles. The number of H-pyrrole nitrogens is 2. The Morgan fingerprint density at radius 1 is 0.842 bits per heavy atom. The molecule has 4 aromatic rings. The van der Waals surface area contributed by atoms with Crippen molar-refractivity contribution in [3.63, 3.8) is 0 Å². The maximum absolute atomic E-state index is 9.23. The molecular weight excluding hydrogens is 612 g/mol. The van der Waals surface area contributed by atoms with Crippen LogP contribution >= 0.6 is 31.9 Å². The van der Waals surface area contributed by atoms with Gasteiger partial charge in [0.05, 0.1) is 31.9 Å². The smallest absolute Gasteiger partial charge is 0.128 e. The Hall–Kier alpha value is -2.04. The van der Waals surface area contributed by atoms with E-state index >= 15 is 0 Å². The van der Waals surface area contributed by atoms with Crippen LogP contribution in [-0.4, -0.2) is 84.5 Å². The summed E-state index contributed by atoms with van der Waals surface area (Å²) in [7, 11) is 3.44. The number of aromatic amines is 2. The third-order valence-electron chi connectivity index (χ3n) is 7.89. The van der Waals surface area contributed by atoms with E-state index in [1.807, 2.05) is 24.3 Å². The Morgan fingerprint density at radius 2 is 1.39 bits per heavy atom. The van der Waals surface area contributed by atoms with Gasteiger partial charge in [-0.2, -0.15) is 0 Å². The van der Waals surface area contributed by atoms with Crippen LogP contribution in [0.1, 0.15) is 24.0 Å². The fourth-order valence-corrected chi connectivity index (χ4v) is 6.27. The zero-order valence-corrected chi connectivity index (χ0v) is 25.2. The summed E-state index contributed by atoms with van der Waals surface area (Å²) >= 11 is 7.15. The summed E-state index contributed by atoms with van der Waals surface area (Å²) in [4.78, 5) is 11.5. The number of aliphatic hydroxyl groups excluding tert-OH is 1. The summed E-state index contributed by atoms with van der Waals surface area (Å²) < 4.78 is 13.1. The molecule has 3 N–H and O–H groups in total. The topological polar surface area (TPSA) is 76.8 Å². The van der Waals surface area contributed by atoms with Crippen molar-refractivity contribution < 1.29 is 14.6 Å². The molecule has 0 saturated carbocycles. The highest BCUT2D eigenvalue weighted by Crippen LogP contribution is 2.35. The van der Waals surface area contributed by atoms with Crippen LogP contribution in [0, 0.1) is 0 Å². The normalized spacial score (nSPS) is 17.7. The largest absolute Gasteiger partial charge is 0.496 e. The van der Waals surface area contributed by atoms with Crippen molar-refractivity contribution in [2.75, 3.05) is 53.6 Å². The van der Waals surface area contributed by atoms with Crippen molar-refractivity contribution in [2.45, 2.75) is 31.7 Å². The van der Waals surface area contributed by atoms with Crippen molar-refractivity contribution in [3.05, 3.63) is 56.7 Å². The summed E-state index contributed by atoms with van der Waals surface area (Å²) in [6, 6.07) is 8.39. The minimum absolute atomic E-state index is 0.267. The van der Waals surface area contributed by atoms with Gasteiger partial charge < -0.3 is 29.4 Å². The van der Waals surface area contributed by atoms with Gasteiger partial charge in [-0.15, -0.1) is 0 Å². The molecule has 0 bridgehead atoms. The highest BCUT2D eigenvalue weighted by Gasteiger charge is 2.26. The highest BCUT2D eigenvalue weighted by atomic mass is 79.9. The van der Waals surface area contributed by atoms with Gasteiger partial charge in [0.2, 0.25) is 0 Å². The molecule has 2 fully saturated rings. The van der Waals surface area contributed by atoms with E-state index in [1.54, 1.807) is 14.2 Å². The number of hydrogen-bond acceptors (Lipinski definition) is 5. The van der Waals surface area contributed by atoms with Crippen molar-refractivity contribution in [1.29, 1.82) is 0 Å². The summed E-state index contributed by atoms with van der Waals surface area (Å²) in [5.74, 6) is 1.86. The SMILES string of the molecule is COc1ccc(Br)c2[nH]cc(CCN3CCC3)c12.COc1ccc(Br)c2[nH]cc(CCN3CCC3CO)c12. The van der Waals surface area contributed by atoms with E-state index in [0.717, 1.165) is 75.8 Å². The monoisotopic (exact) mass is 646 g/mol. The van der Waals surface area contributed by atoms with Crippen LogP contribution in [0.4, 0.5) is 0 Å². The molecule has 0 spiro atoms. The minimum atomic E-state index is 0.267. The lowest BCUT2D eigenvalue weighted by Crippen LogP contribution is -2.50. The van der Waals surface area contributed by atoms with Gasteiger partial charge in [0.25, 0.3) is 0 Å². The molecular formula is C29H36Br2N4O3. The van der Waals surface area contributed by atoms with Crippen molar-refractivity contribution in [2.24, 2.45) is 0 Å². The Labute approximate surface area is 240 Å². The molecule has 2 aromatic carbocycles. The molecule has 2 aromatic heterocycles. The fourth-order valence-electron chi connectivity index (χ4n) is 5.38. The van der Waals surface area contributed by atoms with Crippen LogP contribution in [-0.2, 0) is 12.8 Å². The first-order chi connectivity index (χ1) is 18.5. The van der Waals surface area contributed by atoms with Crippen molar-refractivity contribution in [1.82, 2.24) is 19.8 Å². The minimum Gasteiger partial charge on any atom is -0.496 e. The lowest BCUT2D eigenvalue weighted by molar-refractivity contribution is 0.0437. The quantitative estimate of drug-likeness (QED) is 0.216. The average molecular weight is 648 g/mol. The number of nitrogens with one attached hydrogen (secondary N) is 2. The first-order valence-electron chi connectivity index (χ1n) is 13.3. The summed E-state index contributed by atoms with van der Waals surface area (Å²) in [6.45, 7) is 5.99. The Morgan fingerprint density at radius 3 is 1.82 bits per heavy atom. The van der Waals surface area contributed by atoms with Gasteiger partial charge in [-0.25, -0.2) is 0 Å². The van der Waals surface area contributed by atoms with Gasteiger partial charge in [-0.1, -0.05) is 0 Å². The number of fused-ring (bicyclic) bond motifs is 2. The number of ether oxygens (including phenoxy) is 2. The predicted molar refractivity (Wildman–Crippen MR) is 161 cm³/mol. The number of methoxy groups -OCH3 is 2. The van der Waals surface area contributed by atoms with E-state index in [2.05, 4.69) is 64.0 Å². The first kappa shape index (κ1) is 27.5. The first-order valence-corrected chi connectivity index (χ1v) is 14.8. The van der Waals surface area contributed by atoms with E-state index in [0.29, 0.717) is 6.04 Å². The highest BCUT2D eigenvalue weighted by molar-refractivity contribution is 9.11. The molecule has 2 saturated heterocycles. The summed E-state index contributed by atoms with van der Waals surface area (Å²) in [5.41, 5.74) is 4.83. The molecule has 0 amide bonds. The zero-order valence-electron chi connectivity index (χ0n) is 22.0. The number of benzene rings is 2. The second-order valence-corrected chi connectivity index (χ2v) is 11.7. The van der Waals surface area contributed by atoms with Crippen LogP contribution in [0.3, 0.4) is 0 Å². The second-order valence-electron chi connectivity index (χ2n) is 9.98. The second kappa shape index (κ2) is 12.4. The Bertz CT molecular complexity index is 1380. The van der Waals surface area contributed by atoms with E-state index in [1.165, 1.54) is 36.0 Å². The van der Waals surface area contributed by atoms with Crippen LogP contribution in [0.15, 0.2) is 45.6 Å². The number of nitrogens with zero attached hydrogens (tertiary/aromatic N) is 2. The zero-order chi connectivity index (χ0) is 26.6. The van der Waals surface area contributed by atoms with Gasteiger partial charge in [0.1, 0.15) is 11.5 Å². The number of aliphatic hydroxyl groups is 1. The van der Waals surface area contributed by atoms with Crippen LogP contribution in [0.25, 0.3) is 21.8 Å². The molecule has 2 aliphatic heterocycles. The van der Waals surface area contributed by atoms with Crippen molar-refractivity contribution in [3.8, 4) is 11.5 Å². The van der Waals surface area contributed by atoms with Crippen LogP contribution in [0.5, 0.6) is 11.5 Å². The fraction of sp³-hybridized carbons (Fsp3) is 0.448. The molecule has 204 valence electrons. The summed E-state index contributed by atoms with van der Waals surface area (Å²) in [5, 5.41) is 11.6. The van der Waals surface area contributed by atoms with E-state index in [9.17, 15) is 5.11 Å². The van der Waals surface area contributed by atoms with Gasteiger partial charge in [-0.3, -0.25) is 4.90 Å². The van der Waals surface area contributed by atoms with Gasteiger partial charge in [0.15, 0.2) is 0 Å². The third kappa shape index (κ3) is 5.63. The molecule has 1 atom stereocenters. The lowest BCUT2D eigenvalue weighted by atomic mass is 10.0. The lowest BCUT2D eigenvalue weighted by Gasteiger charge is -2.39. The maximum atomic E-state index is 9.23. The molecule has 38 heavy (non-hydrogen) atoms. The van der Waals surface area contributed by atoms with Crippen LogP contribution in [0.2, 0.25) is 0 Å². The molecule has 6 rings (SSSR count). The van der Waals surface area contributed by atoms with Crippen molar-refractivity contribution >= 4 is 53.7 Å². The Balaban J connectivity index is 0.000000156. The number of hydrogen-bond donors (Lipinski definition) is 3. The predicted octanol–water partition coefficient (Wildman–Crippen LogP) is 5.74. The van der Waals surface area contributed by atoms with Gasteiger partial charge in [0, 0.05) is 57.8 Å². The maximum Gasteiger partial charge on any atom is 0.128 e. The number of rotatable bonds is 9.